The number of likely N-dealkylation sites (tertiary alicyclic amines) is 1. The van der Waals surface area contributed by atoms with Crippen molar-refractivity contribution in [3.05, 3.63) is 0 Å². The van der Waals surface area contributed by atoms with Crippen LogP contribution in [0.15, 0.2) is 0 Å². The molecule has 1 amide bonds. The molecule has 2 N–H and O–H groups in total. The van der Waals surface area contributed by atoms with Crippen LogP contribution in [-0.2, 0) is 4.79 Å². The summed E-state index contributed by atoms with van der Waals surface area (Å²) in [6.07, 6.45) is 8.39. The minimum atomic E-state index is -0.277. The topological polar surface area (TPSA) is 46.3 Å². The molecular weight excluding hydrogens is 200 g/mol. The third kappa shape index (κ3) is 2.24. The summed E-state index contributed by atoms with van der Waals surface area (Å²) in [6.45, 7) is 2.93. The Hall–Kier alpha value is -0.570. The molecule has 3 nitrogen and oxygen atoms in total. The third-order valence-corrected chi connectivity index (χ3v) is 4.28. The molecule has 0 bridgehead atoms. The molecule has 1 saturated carbocycles. The zero-order chi connectivity index (χ0) is 11.5. The van der Waals surface area contributed by atoms with Crippen LogP contribution in [0.2, 0.25) is 0 Å². The van der Waals surface area contributed by atoms with Crippen molar-refractivity contribution < 1.29 is 4.79 Å². The van der Waals surface area contributed by atoms with E-state index in [0.717, 1.165) is 18.9 Å². The molecule has 3 heteroatoms. The van der Waals surface area contributed by atoms with Gasteiger partial charge in [0.15, 0.2) is 0 Å². The summed E-state index contributed by atoms with van der Waals surface area (Å²) in [6, 6.07) is 0.230. The van der Waals surface area contributed by atoms with Crippen molar-refractivity contribution in [3.8, 4) is 0 Å². The molecule has 2 fully saturated rings. The molecule has 0 unspecified atom stereocenters. The molecule has 3 atom stereocenters. The predicted molar refractivity (Wildman–Crippen MR) is 65.0 cm³/mol. The monoisotopic (exact) mass is 224 g/mol. The maximum atomic E-state index is 12.2. The molecular formula is C13H24N2O. The second kappa shape index (κ2) is 5.17. The Bertz CT molecular complexity index is 252. The second-order valence-electron chi connectivity index (χ2n) is 5.30. The van der Waals surface area contributed by atoms with Gasteiger partial charge in [-0.05, 0) is 38.0 Å². The summed E-state index contributed by atoms with van der Waals surface area (Å²) in [5, 5.41) is 0. The van der Waals surface area contributed by atoms with Gasteiger partial charge in [0.25, 0.3) is 0 Å². The number of hydrogen-bond acceptors (Lipinski definition) is 2. The van der Waals surface area contributed by atoms with Gasteiger partial charge in [0, 0.05) is 12.6 Å². The van der Waals surface area contributed by atoms with Gasteiger partial charge in [0.2, 0.25) is 5.91 Å². The van der Waals surface area contributed by atoms with E-state index >= 15 is 0 Å². The van der Waals surface area contributed by atoms with Crippen molar-refractivity contribution >= 4 is 5.91 Å². The van der Waals surface area contributed by atoms with Crippen LogP contribution in [0.25, 0.3) is 0 Å². The molecule has 1 heterocycles. The molecule has 0 aromatic heterocycles. The first kappa shape index (κ1) is 11.9. The highest BCUT2D eigenvalue weighted by atomic mass is 16.2. The van der Waals surface area contributed by atoms with E-state index in [2.05, 4.69) is 4.90 Å². The van der Waals surface area contributed by atoms with E-state index in [1.54, 1.807) is 0 Å². The van der Waals surface area contributed by atoms with E-state index in [1.807, 2.05) is 6.92 Å². The van der Waals surface area contributed by atoms with Gasteiger partial charge in [-0.1, -0.05) is 19.8 Å². The number of nitrogens with two attached hydrogens (primary N) is 1. The lowest BCUT2D eigenvalue weighted by atomic mass is 9.78. The van der Waals surface area contributed by atoms with E-state index in [4.69, 9.17) is 5.73 Å². The van der Waals surface area contributed by atoms with E-state index in [-0.39, 0.29) is 11.9 Å². The van der Waals surface area contributed by atoms with Crippen LogP contribution < -0.4 is 5.73 Å². The van der Waals surface area contributed by atoms with Gasteiger partial charge >= 0.3 is 0 Å². The van der Waals surface area contributed by atoms with E-state index in [9.17, 15) is 4.79 Å². The Balaban J connectivity index is 2.04. The van der Waals surface area contributed by atoms with Crippen LogP contribution in [-0.4, -0.2) is 29.4 Å². The number of carbonyl (C=O) groups is 1. The lowest BCUT2D eigenvalue weighted by Crippen LogP contribution is -2.54. The smallest absolute Gasteiger partial charge is 0.239 e. The fourth-order valence-electron chi connectivity index (χ4n) is 3.29. The highest BCUT2D eigenvalue weighted by Gasteiger charge is 2.36. The molecule has 1 saturated heterocycles. The fraction of sp³-hybridized carbons (Fsp3) is 0.923. The Kier molecular flexibility index (Phi) is 3.85. The molecule has 1 aliphatic heterocycles. The summed E-state index contributed by atoms with van der Waals surface area (Å²) in [5.74, 6) is 0.953. The minimum absolute atomic E-state index is 0.194. The predicted octanol–water partition coefficient (Wildman–Crippen LogP) is 1.90. The lowest BCUT2D eigenvalue weighted by Gasteiger charge is -2.44. The number of piperidine rings is 1. The molecule has 2 aliphatic rings. The van der Waals surface area contributed by atoms with Gasteiger partial charge in [0.05, 0.1) is 6.04 Å². The van der Waals surface area contributed by atoms with Crippen LogP contribution in [0.4, 0.5) is 0 Å². The zero-order valence-corrected chi connectivity index (χ0v) is 10.3. The maximum Gasteiger partial charge on any atom is 0.239 e. The average Bonchev–Trinajstić information content (AvgIpc) is 2.36. The van der Waals surface area contributed by atoms with E-state index in [0.29, 0.717) is 6.04 Å². The Morgan fingerprint density at radius 2 is 2.00 bits per heavy atom. The summed E-state index contributed by atoms with van der Waals surface area (Å²) in [7, 11) is 0. The van der Waals surface area contributed by atoms with Crippen LogP contribution in [0.5, 0.6) is 0 Å². The van der Waals surface area contributed by atoms with Crippen LogP contribution in [0, 0.1) is 5.92 Å². The van der Waals surface area contributed by atoms with E-state index in [1.165, 1.54) is 38.5 Å². The average molecular weight is 224 g/mol. The second-order valence-corrected chi connectivity index (χ2v) is 5.30. The van der Waals surface area contributed by atoms with Crippen molar-refractivity contribution in [2.24, 2.45) is 11.7 Å². The SMILES string of the molecule is CC[C@@H](N)C(=O)N1CCC[C@H]2CCCC[C@H]21. The van der Waals surface area contributed by atoms with Gasteiger partial charge in [-0.15, -0.1) is 0 Å². The first-order valence-corrected chi connectivity index (χ1v) is 6.80. The molecule has 2 rings (SSSR count). The third-order valence-electron chi connectivity index (χ3n) is 4.28. The normalized spacial score (nSPS) is 32.0. The number of rotatable bonds is 2. The summed E-state index contributed by atoms with van der Waals surface area (Å²) >= 11 is 0. The molecule has 92 valence electrons. The Morgan fingerprint density at radius 3 is 2.75 bits per heavy atom. The van der Waals surface area contributed by atoms with Gasteiger partial charge in [0.1, 0.15) is 0 Å². The number of amides is 1. The molecule has 0 radical (unpaired) electrons. The number of nitrogens with zero attached hydrogens (tertiary/aromatic N) is 1. The Labute approximate surface area is 98.4 Å². The highest BCUT2D eigenvalue weighted by Crippen LogP contribution is 2.35. The van der Waals surface area contributed by atoms with Crippen molar-refractivity contribution in [3.63, 3.8) is 0 Å². The van der Waals surface area contributed by atoms with Crippen molar-refractivity contribution in [2.75, 3.05) is 6.54 Å². The van der Waals surface area contributed by atoms with Crippen LogP contribution in [0.3, 0.4) is 0 Å². The number of hydrogen-bond donors (Lipinski definition) is 1. The van der Waals surface area contributed by atoms with Crippen molar-refractivity contribution in [1.82, 2.24) is 4.90 Å². The first-order valence-electron chi connectivity index (χ1n) is 6.80. The fourth-order valence-corrected chi connectivity index (χ4v) is 3.29. The van der Waals surface area contributed by atoms with Gasteiger partial charge in [-0.3, -0.25) is 4.79 Å². The Morgan fingerprint density at radius 1 is 1.31 bits per heavy atom. The van der Waals surface area contributed by atoms with Crippen LogP contribution in [0.1, 0.15) is 51.9 Å². The minimum Gasteiger partial charge on any atom is -0.338 e. The lowest BCUT2D eigenvalue weighted by molar-refractivity contribution is -0.139. The quantitative estimate of drug-likeness (QED) is 0.778. The zero-order valence-electron chi connectivity index (χ0n) is 10.3. The van der Waals surface area contributed by atoms with Crippen molar-refractivity contribution in [2.45, 2.75) is 64.0 Å². The number of carbonyl (C=O) groups excluding carboxylic acids is 1. The summed E-state index contributed by atoms with van der Waals surface area (Å²) in [5.41, 5.74) is 5.88. The molecule has 0 spiro atoms. The van der Waals surface area contributed by atoms with Gasteiger partial charge in [-0.2, -0.15) is 0 Å². The standard InChI is InChI=1S/C13H24N2O/c1-2-11(14)13(16)15-9-5-7-10-6-3-4-8-12(10)15/h10-12H,2-9,14H2,1H3/t10-,11-,12-/m1/s1. The maximum absolute atomic E-state index is 12.2. The molecule has 1 aliphatic carbocycles. The summed E-state index contributed by atoms with van der Waals surface area (Å²) < 4.78 is 0. The number of fused-ring (bicyclic) bond motifs is 1. The highest BCUT2D eigenvalue weighted by molar-refractivity contribution is 5.82. The summed E-state index contributed by atoms with van der Waals surface area (Å²) in [4.78, 5) is 14.3. The van der Waals surface area contributed by atoms with Crippen molar-refractivity contribution in [1.29, 1.82) is 0 Å². The van der Waals surface area contributed by atoms with Crippen LogP contribution >= 0.6 is 0 Å². The van der Waals surface area contributed by atoms with Gasteiger partial charge < -0.3 is 10.6 Å². The molecule has 0 aromatic rings. The van der Waals surface area contributed by atoms with E-state index < -0.39 is 0 Å². The molecule has 16 heavy (non-hydrogen) atoms. The molecule has 0 aromatic carbocycles. The largest absolute Gasteiger partial charge is 0.338 e. The van der Waals surface area contributed by atoms with Gasteiger partial charge in [-0.25, -0.2) is 0 Å². The first-order chi connectivity index (χ1) is 7.74.